The normalized spacial score (nSPS) is 9.10. The molecule has 0 unspecified atom stereocenters. The van der Waals surface area contributed by atoms with E-state index in [2.05, 4.69) is 72.3 Å². The Morgan fingerprint density at radius 3 is 1.27 bits per heavy atom. The number of carbonyl (C=O) groups excluding carboxylic acids is 1. The van der Waals surface area contributed by atoms with Crippen LogP contribution >= 0.6 is 15.9 Å². The quantitative estimate of drug-likeness (QED) is 0.211. The second kappa shape index (κ2) is 22.4. The zero-order chi connectivity index (χ0) is 29.8. The van der Waals surface area contributed by atoms with Crippen molar-refractivity contribution in [1.29, 1.82) is 0 Å². The first-order valence-corrected chi connectivity index (χ1v) is 15.0. The molecule has 0 radical (unpaired) electrons. The van der Waals surface area contributed by atoms with Crippen LogP contribution in [0.1, 0.15) is 13.8 Å². The van der Waals surface area contributed by atoms with Gasteiger partial charge in [0.2, 0.25) is 5.91 Å². The van der Waals surface area contributed by atoms with Gasteiger partial charge in [0.05, 0.1) is 0 Å². The summed E-state index contributed by atoms with van der Waals surface area (Å²) in [4.78, 5) is 20.6. The first-order chi connectivity index (χ1) is 19.2. The predicted octanol–water partition coefficient (Wildman–Crippen LogP) is 5.42. The fraction of sp³-hybridized carbons (Fsp3) is 0.125. The molecule has 0 aliphatic carbocycles. The number of hydrogen-bond acceptors (Lipinski definition) is 4. The molecule has 0 aromatic heterocycles. The van der Waals surface area contributed by atoms with E-state index in [1.165, 1.54) is 28.6 Å². The van der Waals surface area contributed by atoms with Crippen LogP contribution in [0.15, 0.2) is 134 Å². The second-order valence-corrected chi connectivity index (χ2v) is 11.8. The number of hydrogen-bond donors (Lipinski definition) is 2. The van der Waals surface area contributed by atoms with Gasteiger partial charge in [-0.3, -0.25) is 14.7 Å². The smallest absolute Gasteiger partial charge is 0.415 e. The first kappa shape index (κ1) is 37.7. The minimum absolute atomic E-state index is 0. The van der Waals surface area contributed by atoms with Crippen LogP contribution < -0.4 is 26.3 Å². The van der Waals surface area contributed by atoms with Crippen LogP contribution in [0.5, 0.6) is 0 Å². The van der Waals surface area contributed by atoms with Crippen LogP contribution in [-0.2, 0) is 33.6 Å². The summed E-state index contributed by atoms with van der Waals surface area (Å²) in [5, 5.41) is 15.3. The Morgan fingerprint density at radius 2 is 1.05 bits per heavy atom. The molecule has 0 saturated carbocycles. The standard InChI is InChI=1S/C13H14NP.C12H10OP.C5H9NO.C2H4O2.Ru/c1-14-15(12-8-4-2-5-9-12)13-10-6-3-7-11-13;13-14(11-7-3-1-4-8-11)12-9-5-2-6-10-12;1-4-6(3)5(2)7;1-2(3)4;/h2-11,14H,1H3;1-10H;4H,1H2,2-3H3;1H3,(H,3,4);/q;+1;;;. The molecular formula is C32H37N2O4P2Ru+. The summed E-state index contributed by atoms with van der Waals surface area (Å²) in [6, 6.07) is 40.2. The molecule has 216 valence electrons. The third-order valence-electron chi connectivity index (χ3n) is 5.00. The maximum atomic E-state index is 12.0. The number of rotatable bonds is 6. The Labute approximate surface area is 258 Å². The zero-order valence-corrected chi connectivity index (χ0v) is 27.2. The van der Waals surface area contributed by atoms with Crippen molar-refractivity contribution in [1.82, 2.24) is 9.99 Å². The second-order valence-electron chi connectivity index (χ2n) is 8.03. The molecule has 9 heteroatoms. The van der Waals surface area contributed by atoms with Crippen LogP contribution in [0.2, 0.25) is 0 Å². The average Bonchev–Trinajstić information content (AvgIpc) is 2.99. The molecule has 0 bridgehead atoms. The Kier molecular flexibility index (Phi) is 20.6. The molecule has 0 saturated heterocycles. The van der Waals surface area contributed by atoms with E-state index in [1.807, 2.05) is 67.7 Å². The van der Waals surface area contributed by atoms with Crippen molar-refractivity contribution in [3.63, 3.8) is 0 Å². The number of carbonyl (C=O) groups is 2. The van der Waals surface area contributed by atoms with Crippen LogP contribution in [0.25, 0.3) is 0 Å². The van der Waals surface area contributed by atoms with Crippen molar-refractivity contribution in [3.05, 3.63) is 134 Å². The Balaban J connectivity index is 0.000000571. The van der Waals surface area contributed by atoms with Gasteiger partial charge in [0.1, 0.15) is 0 Å². The van der Waals surface area contributed by atoms with Gasteiger partial charge in [0, 0.05) is 48.4 Å². The van der Waals surface area contributed by atoms with Gasteiger partial charge < -0.3 is 10.0 Å². The number of nitrogens with zero attached hydrogens (tertiary/aromatic N) is 1. The SMILES string of the molecule is C=CN(C)C(C)=O.CC(=O)O.CNP(c1ccccc1)c1ccccc1.O=[P+](c1ccccc1)c1ccccc1.[Ru]. The van der Waals surface area contributed by atoms with Gasteiger partial charge in [-0.15, -0.1) is 0 Å². The van der Waals surface area contributed by atoms with Crippen molar-refractivity contribution >= 4 is 49.0 Å². The van der Waals surface area contributed by atoms with Gasteiger partial charge in [-0.05, 0) is 48.1 Å². The maximum Gasteiger partial charge on any atom is 0.415 e. The molecule has 2 N–H and O–H groups in total. The molecule has 4 aromatic rings. The molecule has 41 heavy (non-hydrogen) atoms. The van der Waals surface area contributed by atoms with E-state index in [-0.39, 0.29) is 25.4 Å². The number of carboxylic acids is 1. The van der Waals surface area contributed by atoms with Gasteiger partial charge in [0.25, 0.3) is 5.97 Å². The third kappa shape index (κ3) is 15.9. The van der Waals surface area contributed by atoms with Crippen molar-refractivity contribution in [2.45, 2.75) is 13.8 Å². The minimum Gasteiger partial charge on any atom is -0.481 e. The third-order valence-corrected chi connectivity index (χ3v) is 8.61. The van der Waals surface area contributed by atoms with Crippen molar-refractivity contribution in [2.24, 2.45) is 0 Å². The molecule has 4 aromatic carbocycles. The predicted molar refractivity (Wildman–Crippen MR) is 170 cm³/mol. The van der Waals surface area contributed by atoms with E-state index in [9.17, 15) is 9.36 Å². The summed E-state index contributed by atoms with van der Waals surface area (Å²) in [5.41, 5.74) is 0. The number of nitrogens with one attached hydrogen (secondary N) is 1. The van der Waals surface area contributed by atoms with Crippen molar-refractivity contribution in [3.8, 4) is 0 Å². The fourth-order valence-corrected chi connectivity index (χ4v) is 5.90. The molecule has 0 fully saturated rings. The monoisotopic (exact) mass is 677 g/mol. The van der Waals surface area contributed by atoms with Gasteiger partial charge in [-0.1, -0.05) is 108 Å². The van der Waals surface area contributed by atoms with E-state index in [1.54, 1.807) is 7.05 Å². The summed E-state index contributed by atoms with van der Waals surface area (Å²) in [5.74, 6) is -0.824. The number of benzene rings is 4. The van der Waals surface area contributed by atoms with Gasteiger partial charge in [-0.25, -0.2) is 0 Å². The molecular weight excluding hydrogens is 639 g/mol. The molecule has 0 aliphatic rings. The zero-order valence-electron chi connectivity index (χ0n) is 23.7. The van der Waals surface area contributed by atoms with E-state index in [0.717, 1.165) is 17.5 Å². The topological polar surface area (TPSA) is 86.7 Å². The van der Waals surface area contributed by atoms with Crippen LogP contribution in [0, 0.1) is 0 Å². The van der Waals surface area contributed by atoms with Gasteiger partial charge in [-0.2, -0.15) is 0 Å². The molecule has 0 heterocycles. The number of aliphatic carboxylic acids is 1. The number of amides is 1. The number of carboxylic acid groups (broad SMARTS) is 1. The summed E-state index contributed by atoms with van der Waals surface area (Å²) < 4.78 is 12.0. The molecule has 0 atom stereocenters. The summed E-state index contributed by atoms with van der Waals surface area (Å²) in [6.07, 6.45) is 1.47. The molecule has 1 amide bonds. The molecule has 0 aliphatic heterocycles. The largest absolute Gasteiger partial charge is 0.481 e. The summed E-state index contributed by atoms with van der Waals surface area (Å²) >= 11 is 0. The molecule has 4 rings (SSSR count). The maximum absolute atomic E-state index is 12.0. The van der Waals surface area contributed by atoms with E-state index >= 15 is 0 Å². The van der Waals surface area contributed by atoms with Crippen molar-refractivity contribution < 1.29 is 38.7 Å². The van der Waals surface area contributed by atoms with E-state index < -0.39 is 21.8 Å². The molecule has 6 nitrogen and oxygen atoms in total. The van der Waals surface area contributed by atoms with Crippen LogP contribution in [0.4, 0.5) is 0 Å². The van der Waals surface area contributed by atoms with Crippen LogP contribution in [0.3, 0.4) is 0 Å². The fourth-order valence-electron chi connectivity index (χ4n) is 2.97. The van der Waals surface area contributed by atoms with E-state index in [4.69, 9.17) is 9.90 Å². The Morgan fingerprint density at radius 1 is 0.756 bits per heavy atom. The summed E-state index contributed by atoms with van der Waals surface area (Å²) in [7, 11) is 1.86. The minimum atomic E-state index is -1.42. The van der Waals surface area contributed by atoms with Crippen molar-refractivity contribution in [2.75, 3.05) is 14.1 Å². The molecule has 0 spiro atoms. The van der Waals surface area contributed by atoms with Gasteiger partial charge >= 0.3 is 7.80 Å². The average molecular weight is 677 g/mol. The van der Waals surface area contributed by atoms with Gasteiger partial charge in [0.15, 0.2) is 10.6 Å². The first-order valence-electron chi connectivity index (χ1n) is 12.4. The van der Waals surface area contributed by atoms with E-state index in [0.29, 0.717) is 0 Å². The summed E-state index contributed by atoms with van der Waals surface area (Å²) in [6.45, 7) is 5.96. The van der Waals surface area contributed by atoms with Crippen LogP contribution in [-0.4, -0.2) is 36.0 Å². The Bertz CT molecular complexity index is 1210. The Hall–Kier alpha value is -3.33.